The number of carbonyl (C=O) groups is 1. The third kappa shape index (κ3) is 5.23. The van der Waals surface area contributed by atoms with E-state index in [0.29, 0.717) is 26.3 Å². The van der Waals surface area contributed by atoms with E-state index in [4.69, 9.17) is 34.8 Å². The highest BCUT2D eigenvalue weighted by atomic mass is 35.5. The van der Waals surface area contributed by atoms with Crippen molar-refractivity contribution in [3.05, 3.63) is 79.5 Å². The molecule has 0 saturated carbocycles. The number of carbonyl (C=O) groups excluding carboxylic acids is 1. The molecule has 0 bridgehead atoms. The maximum Gasteiger partial charge on any atom is 0.355 e. The zero-order chi connectivity index (χ0) is 21.0. The van der Waals surface area contributed by atoms with Gasteiger partial charge in [-0.1, -0.05) is 34.8 Å². The van der Waals surface area contributed by atoms with Gasteiger partial charge in [0.1, 0.15) is 6.33 Å². The Morgan fingerprint density at radius 1 is 0.931 bits per heavy atom. The first-order valence-corrected chi connectivity index (χ1v) is 9.01. The van der Waals surface area contributed by atoms with Crippen molar-refractivity contribution >= 4 is 63.7 Å². The van der Waals surface area contributed by atoms with Crippen LogP contribution in [0.25, 0.3) is 0 Å². The second-order valence-corrected chi connectivity index (χ2v) is 6.86. The zero-order valence-electron chi connectivity index (χ0n) is 14.3. The van der Waals surface area contributed by atoms with E-state index in [1.54, 1.807) is 12.1 Å². The molecule has 1 aromatic heterocycles. The Hall–Kier alpha value is -3.14. The maximum atomic E-state index is 12.2. The molecule has 9 nitrogen and oxygen atoms in total. The fraction of sp³-hybridized carbons (Fsp3) is 0. The van der Waals surface area contributed by atoms with Crippen LogP contribution in [0, 0.1) is 10.1 Å². The standard InChI is InChI=1S/C17H11Cl3N6O3/c18-10-3-1-9(2-4-10)17(27)25-24-16-14(26(28)29)15(21-8-22-16)23-13-6-11(19)5-12(20)7-13/h1-8H,(H,25,27)(H2,21,22,23,24). The summed E-state index contributed by atoms with van der Waals surface area (Å²) in [5.74, 6) is -0.875. The molecule has 1 heterocycles. The number of nitrogens with zero attached hydrogens (tertiary/aromatic N) is 3. The molecule has 0 saturated heterocycles. The van der Waals surface area contributed by atoms with Crippen LogP contribution >= 0.6 is 34.8 Å². The lowest BCUT2D eigenvalue weighted by molar-refractivity contribution is -0.383. The Morgan fingerprint density at radius 3 is 2.17 bits per heavy atom. The molecule has 0 aliphatic rings. The number of nitro groups is 1. The van der Waals surface area contributed by atoms with Gasteiger partial charge in [-0.05, 0) is 42.5 Å². The van der Waals surface area contributed by atoms with Crippen molar-refractivity contribution in [1.29, 1.82) is 0 Å². The molecule has 3 N–H and O–H groups in total. The minimum Gasteiger partial charge on any atom is -0.334 e. The van der Waals surface area contributed by atoms with E-state index >= 15 is 0 Å². The molecule has 0 unspecified atom stereocenters. The smallest absolute Gasteiger partial charge is 0.334 e. The lowest BCUT2D eigenvalue weighted by atomic mass is 10.2. The van der Waals surface area contributed by atoms with Gasteiger partial charge in [-0.2, -0.15) is 0 Å². The number of aromatic nitrogens is 2. The maximum absolute atomic E-state index is 12.2. The Morgan fingerprint density at radius 2 is 1.55 bits per heavy atom. The first kappa shape index (κ1) is 20.6. The summed E-state index contributed by atoms with van der Waals surface area (Å²) in [6.07, 6.45) is 1.10. The Labute approximate surface area is 179 Å². The van der Waals surface area contributed by atoms with Gasteiger partial charge in [0.2, 0.25) is 11.6 Å². The van der Waals surface area contributed by atoms with Crippen LogP contribution in [0.4, 0.5) is 23.0 Å². The second kappa shape index (κ2) is 8.91. The highest BCUT2D eigenvalue weighted by Crippen LogP contribution is 2.32. The highest BCUT2D eigenvalue weighted by Gasteiger charge is 2.24. The molecule has 0 aliphatic carbocycles. The Kier molecular flexibility index (Phi) is 6.32. The fourth-order valence-electron chi connectivity index (χ4n) is 2.29. The molecule has 0 atom stereocenters. The first-order chi connectivity index (χ1) is 13.8. The summed E-state index contributed by atoms with van der Waals surface area (Å²) in [4.78, 5) is 30.8. The fourth-order valence-corrected chi connectivity index (χ4v) is 2.94. The summed E-state index contributed by atoms with van der Waals surface area (Å²) in [5.41, 5.74) is 4.98. The highest BCUT2D eigenvalue weighted by molar-refractivity contribution is 6.35. The van der Waals surface area contributed by atoms with Gasteiger partial charge in [0.25, 0.3) is 5.91 Å². The van der Waals surface area contributed by atoms with E-state index in [1.165, 1.54) is 30.3 Å². The van der Waals surface area contributed by atoms with Gasteiger partial charge in [-0.15, -0.1) is 0 Å². The van der Waals surface area contributed by atoms with Crippen LogP contribution in [-0.4, -0.2) is 20.8 Å². The summed E-state index contributed by atoms with van der Waals surface area (Å²) in [5, 5.41) is 15.5. The predicted octanol–water partition coefficient (Wildman–Crippen LogP) is 4.85. The molecular weight excluding hydrogens is 443 g/mol. The largest absolute Gasteiger partial charge is 0.355 e. The van der Waals surface area contributed by atoms with Gasteiger partial charge in [0, 0.05) is 26.3 Å². The van der Waals surface area contributed by atoms with Crippen molar-refractivity contribution < 1.29 is 9.72 Å². The number of amides is 1. The average Bonchev–Trinajstić information content (AvgIpc) is 2.65. The van der Waals surface area contributed by atoms with Gasteiger partial charge in [-0.3, -0.25) is 25.8 Å². The Bertz CT molecular complexity index is 1060. The van der Waals surface area contributed by atoms with E-state index in [2.05, 4.69) is 26.1 Å². The summed E-state index contributed by atoms with van der Waals surface area (Å²) >= 11 is 17.7. The van der Waals surface area contributed by atoms with Crippen LogP contribution in [0.1, 0.15) is 10.4 Å². The number of hydrazine groups is 1. The minimum atomic E-state index is -0.689. The molecule has 12 heteroatoms. The topological polar surface area (TPSA) is 122 Å². The van der Waals surface area contributed by atoms with Crippen LogP contribution in [0.3, 0.4) is 0 Å². The number of hydrogen-bond donors (Lipinski definition) is 3. The number of benzene rings is 2. The molecule has 3 rings (SSSR count). The number of anilines is 3. The molecule has 148 valence electrons. The molecule has 0 radical (unpaired) electrons. The van der Waals surface area contributed by atoms with E-state index in [9.17, 15) is 14.9 Å². The first-order valence-electron chi connectivity index (χ1n) is 7.88. The summed E-state index contributed by atoms with van der Waals surface area (Å²) in [6, 6.07) is 10.7. The van der Waals surface area contributed by atoms with Crippen molar-refractivity contribution in [2.75, 3.05) is 10.7 Å². The van der Waals surface area contributed by atoms with Gasteiger partial charge < -0.3 is 5.32 Å². The van der Waals surface area contributed by atoms with E-state index in [0.717, 1.165) is 6.33 Å². The molecular formula is C17H11Cl3N6O3. The van der Waals surface area contributed by atoms with Crippen LogP contribution in [-0.2, 0) is 0 Å². The van der Waals surface area contributed by atoms with Gasteiger partial charge in [0.05, 0.1) is 4.92 Å². The molecule has 0 aliphatic heterocycles. The van der Waals surface area contributed by atoms with Gasteiger partial charge in [0.15, 0.2) is 0 Å². The predicted molar refractivity (Wildman–Crippen MR) is 111 cm³/mol. The summed E-state index contributed by atoms with van der Waals surface area (Å²) in [6.45, 7) is 0. The summed E-state index contributed by atoms with van der Waals surface area (Å²) < 4.78 is 0. The third-order valence-corrected chi connectivity index (χ3v) is 4.22. The van der Waals surface area contributed by atoms with E-state index in [1.807, 2.05) is 0 Å². The molecule has 1 amide bonds. The summed E-state index contributed by atoms with van der Waals surface area (Å²) in [7, 11) is 0. The molecule has 0 spiro atoms. The number of nitrogens with one attached hydrogen (secondary N) is 3. The quantitative estimate of drug-likeness (QED) is 0.360. The van der Waals surface area contributed by atoms with Crippen molar-refractivity contribution in [2.45, 2.75) is 0 Å². The SMILES string of the molecule is O=C(NNc1ncnc(Nc2cc(Cl)cc(Cl)c2)c1[N+](=O)[O-])c1ccc(Cl)cc1. The molecule has 2 aromatic carbocycles. The molecule has 29 heavy (non-hydrogen) atoms. The third-order valence-electron chi connectivity index (χ3n) is 3.53. The molecule has 0 fully saturated rings. The van der Waals surface area contributed by atoms with Crippen molar-refractivity contribution in [1.82, 2.24) is 15.4 Å². The zero-order valence-corrected chi connectivity index (χ0v) is 16.6. The Balaban J connectivity index is 1.83. The van der Waals surface area contributed by atoms with Crippen LogP contribution in [0.5, 0.6) is 0 Å². The van der Waals surface area contributed by atoms with Gasteiger partial charge >= 0.3 is 5.69 Å². The van der Waals surface area contributed by atoms with Crippen molar-refractivity contribution in [2.24, 2.45) is 0 Å². The van der Waals surface area contributed by atoms with Crippen LogP contribution in [0.15, 0.2) is 48.8 Å². The van der Waals surface area contributed by atoms with Crippen molar-refractivity contribution in [3.8, 4) is 0 Å². The monoisotopic (exact) mass is 452 g/mol. The van der Waals surface area contributed by atoms with E-state index in [-0.39, 0.29) is 11.6 Å². The van der Waals surface area contributed by atoms with Crippen molar-refractivity contribution in [3.63, 3.8) is 0 Å². The van der Waals surface area contributed by atoms with E-state index < -0.39 is 16.5 Å². The second-order valence-electron chi connectivity index (χ2n) is 5.55. The number of halogens is 3. The lowest BCUT2D eigenvalue weighted by Gasteiger charge is -2.11. The molecule has 3 aromatic rings. The van der Waals surface area contributed by atoms with Crippen LogP contribution < -0.4 is 16.2 Å². The number of hydrogen-bond acceptors (Lipinski definition) is 7. The average molecular weight is 454 g/mol. The number of rotatable bonds is 6. The minimum absolute atomic E-state index is 0.119. The normalized spacial score (nSPS) is 10.3. The van der Waals surface area contributed by atoms with Gasteiger partial charge in [-0.25, -0.2) is 9.97 Å². The van der Waals surface area contributed by atoms with Crippen LogP contribution in [0.2, 0.25) is 15.1 Å². The lowest BCUT2D eigenvalue weighted by Crippen LogP contribution is -2.30.